The van der Waals surface area contributed by atoms with Crippen LogP contribution in [0.1, 0.15) is 51.5 Å². The Balaban J connectivity index is 1.88. The highest BCUT2D eigenvalue weighted by Crippen LogP contribution is 2.25. The van der Waals surface area contributed by atoms with Crippen molar-refractivity contribution in [3.05, 3.63) is 65.0 Å². The molecule has 6 nitrogen and oxygen atoms in total. The maximum atomic E-state index is 13.4. The summed E-state index contributed by atoms with van der Waals surface area (Å²) in [6.45, 7) is 7.97. The second-order valence-electron chi connectivity index (χ2n) is 7.55. The molecule has 160 valence electrons. The first-order valence-corrected chi connectivity index (χ1v) is 11.7. The summed E-state index contributed by atoms with van der Waals surface area (Å²) in [6, 6.07) is 13.9. The highest BCUT2D eigenvalue weighted by Gasteiger charge is 2.30. The highest BCUT2D eigenvalue weighted by molar-refractivity contribution is 7.89. The van der Waals surface area contributed by atoms with Crippen LogP contribution in [0.5, 0.6) is 0 Å². The van der Waals surface area contributed by atoms with Gasteiger partial charge in [0.2, 0.25) is 21.7 Å². The summed E-state index contributed by atoms with van der Waals surface area (Å²) in [4.78, 5) is 4.64. The van der Waals surface area contributed by atoms with Gasteiger partial charge in [-0.25, -0.2) is 8.42 Å². The summed E-state index contributed by atoms with van der Waals surface area (Å²) in [7, 11) is -3.73. The molecule has 0 spiro atoms. The van der Waals surface area contributed by atoms with Gasteiger partial charge in [0.1, 0.15) is 0 Å². The van der Waals surface area contributed by atoms with Gasteiger partial charge in [-0.15, -0.1) is 0 Å². The lowest BCUT2D eigenvalue weighted by Gasteiger charge is -2.26. The Kier molecular flexibility index (Phi) is 6.95. The number of sulfonamides is 1. The molecule has 8 heteroatoms. The van der Waals surface area contributed by atoms with Crippen molar-refractivity contribution in [3.8, 4) is 11.4 Å². The maximum absolute atomic E-state index is 13.4. The van der Waals surface area contributed by atoms with Gasteiger partial charge in [0, 0.05) is 16.6 Å². The number of nitrogens with zero attached hydrogens (tertiary/aromatic N) is 3. The van der Waals surface area contributed by atoms with Crippen molar-refractivity contribution >= 4 is 21.6 Å². The van der Waals surface area contributed by atoms with E-state index in [1.54, 1.807) is 36.4 Å². The van der Waals surface area contributed by atoms with E-state index in [9.17, 15) is 8.42 Å². The Morgan fingerprint density at radius 2 is 1.67 bits per heavy atom. The number of rotatable bonds is 8. The zero-order valence-corrected chi connectivity index (χ0v) is 19.1. The third-order valence-corrected chi connectivity index (χ3v) is 7.32. The van der Waals surface area contributed by atoms with Crippen LogP contribution in [0.15, 0.2) is 57.9 Å². The molecule has 30 heavy (non-hydrogen) atoms. The van der Waals surface area contributed by atoms with Crippen molar-refractivity contribution in [2.45, 2.75) is 57.5 Å². The number of aromatic nitrogens is 2. The molecule has 1 heterocycles. The number of hydrogen-bond acceptors (Lipinski definition) is 5. The van der Waals surface area contributed by atoms with Crippen molar-refractivity contribution < 1.29 is 12.9 Å². The predicted molar refractivity (Wildman–Crippen MR) is 118 cm³/mol. The first-order valence-electron chi connectivity index (χ1n) is 9.92. The average Bonchev–Trinajstić information content (AvgIpc) is 3.20. The standard InChI is InChI=1S/C22H26ClN3O3S/c1-5-16(4)26(30(27,28)20-12-8-17(9-13-20)15(2)3)14-21-24-22(25-29-21)18-6-10-19(23)11-7-18/h6-13,15-16H,5,14H2,1-4H3/t16-/m0/s1. The highest BCUT2D eigenvalue weighted by atomic mass is 35.5. The molecule has 3 aromatic rings. The molecule has 0 N–H and O–H groups in total. The van der Waals surface area contributed by atoms with Gasteiger partial charge in [-0.1, -0.05) is 49.7 Å². The van der Waals surface area contributed by atoms with Crippen LogP contribution in [0.4, 0.5) is 0 Å². The fraction of sp³-hybridized carbons (Fsp3) is 0.364. The van der Waals surface area contributed by atoms with Crippen molar-refractivity contribution in [2.75, 3.05) is 0 Å². The molecule has 3 rings (SSSR count). The van der Waals surface area contributed by atoms with Gasteiger partial charge in [-0.3, -0.25) is 0 Å². The monoisotopic (exact) mass is 447 g/mol. The molecule has 0 unspecified atom stereocenters. The first kappa shape index (κ1) is 22.5. The summed E-state index contributed by atoms with van der Waals surface area (Å²) >= 11 is 5.92. The maximum Gasteiger partial charge on any atom is 0.243 e. The van der Waals surface area contributed by atoms with Crippen molar-refractivity contribution in [2.24, 2.45) is 0 Å². The Hall–Kier alpha value is -2.22. The van der Waals surface area contributed by atoms with Gasteiger partial charge >= 0.3 is 0 Å². The molecular formula is C22H26ClN3O3S. The third-order valence-electron chi connectivity index (χ3n) is 5.10. The molecule has 0 saturated carbocycles. The normalized spacial score (nSPS) is 13.2. The summed E-state index contributed by atoms with van der Waals surface area (Å²) in [5.41, 5.74) is 1.84. The van der Waals surface area contributed by atoms with E-state index in [-0.39, 0.29) is 23.4 Å². The van der Waals surface area contributed by atoms with Crippen LogP contribution >= 0.6 is 11.6 Å². The molecular weight excluding hydrogens is 422 g/mol. The SMILES string of the molecule is CC[C@H](C)N(Cc1nc(-c2ccc(Cl)cc2)no1)S(=O)(=O)c1ccc(C(C)C)cc1. The van der Waals surface area contributed by atoms with Crippen LogP contribution in [0.3, 0.4) is 0 Å². The first-order chi connectivity index (χ1) is 14.2. The minimum atomic E-state index is -3.73. The molecule has 0 radical (unpaired) electrons. The van der Waals surface area contributed by atoms with E-state index in [0.717, 1.165) is 11.1 Å². The van der Waals surface area contributed by atoms with Gasteiger partial charge in [-0.05, 0) is 61.2 Å². The lowest BCUT2D eigenvalue weighted by Crippen LogP contribution is -2.37. The van der Waals surface area contributed by atoms with Gasteiger partial charge < -0.3 is 4.52 Å². The molecule has 0 saturated heterocycles. The van der Waals surface area contributed by atoms with Crippen molar-refractivity contribution in [1.29, 1.82) is 0 Å². The molecule has 0 aliphatic carbocycles. The molecule has 0 fully saturated rings. The molecule has 1 aromatic heterocycles. The third kappa shape index (κ3) is 4.91. The van der Waals surface area contributed by atoms with E-state index in [1.165, 1.54) is 4.31 Å². The number of halogens is 1. The summed E-state index contributed by atoms with van der Waals surface area (Å²) < 4.78 is 33.5. The second-order valence-corrected chi connectivity index (χ2v) is 9.88. The number of hydrogen-bond donors (Lipinski definition) is 0. The van der Waals surface area contributed by atoms with E-state index in [4.69, 9.17) is 16.1 Å². The zero-order chi connectivity index (χ0) is 21.9. The van der Waals surface area contributed by atoms with Gasteiger partial charge in [-0.2, -0.15) is 9.29 Å². The van der Waals surface area contributed by atoms with Gasteiger partial charge in [0.25, 0.3) is 0 Å². The average molecular weight is 448 g/mol. The van der Waals surface area contributed by atoms with E-state index < -0.39 is 10.0 Å². The van der Waals surface area contributed by atoms with E-state index in [2.05, 4.69) is 24.0 Å². The molecule has 1 atom stereocenters. The Morgan fingerprint density at radius 3 is 2.23 bits per heavy atom. The van der Waals surface area contributed by atoms with Crippen molar-refractivity contribution in [1.82, 2.24) is 14.4 Å². The minimum absolute atomic E-state index is 0.00383. The van der Waals surface area contributed by atoms with E-state index >= 15 is 0 Å². The Morgan fingerprint density at radius 1 is 1.03 bits per heavy atom. The van der Waals surface area contributed by atoms with Crippen LogP contribution < -0.4 is 0 Å². The summed E-state index contributed by atoms with van der Waals surface area (Å²) in [6.07, 6.45) is 0.654. The second kappa shape index (κ2) is 9.29. The number of benzene rings is 2. The molecule has 2 aromatic carbocycles. The predicted octanol–water partition coefficient (Wildman–Crippen LogP) is 5.50. The van der Waals surface area contributed by atoms with Crippen LogP contribution in [0.25, 0.3) is 11.4 Å². The van der Waals surface area contributed by atoms with Crippen LogP contribution in [0, 0.1) is 0 Å². The summed E-state index contributed by atoms with van der Waals surface area (Å²) in [5.74, 6) is 0.962. The minimum Gasteiger partial charge on any atom is -0.338 e. The van der Waals surface area contributed by atoms with Crippen molar-refractivity contribution in [3.63, 3.8) is 0 Å². The van der Waals surface area contributed by atoms with E-state index in [0.29, 0.717) is 23.2 Å². The quantitative estimate of drug-likeness (QED) is 0.455. The zero-order valence-electron chi connectivity index (χ0n) is 17.5. The smallest absolute Gasteiger partial charge is 0.243 e. The van der Waals surface area contributed by atoms with Crippen LogP contribution in [0.2, 0.25) is 5.02 Å². The fourth-order valence-corrected chi connectivity index (χ4v) is 4.79. The van der Waals surface area contributed by atoms with E-state index in [1.807, 2.05) is 26.0 Å². The lowest BCUT2D eigenvalue weighted by molar-refractivity contribution is 0.273. The Labute approximate surface area is 182 Å². The fourth-order valence-electron chi connectivity index (χ4n) is 3.01. The molecule has 0 bridgehead atoms. The molecule has 0 amide bonds. The van der Waals surface area contributed by atoms with Gasteiger partial charge in [0.15, 0.2) is 0 Å². The topological polar surface area (TPSA) is 76.3 Å². The molecule has 0 aliphatic rings. The van der Waals surface area contributed by atoms with Gasteiger partial charge in [0.05, 0.1) is 11.4 Å². The molecule has 0 aliphatic heterocycles. The Bertz CT molecular complexity index is 1080. The van der Waals surface area contributed by atoms with Crippen LogP contribution in [-0.2, 0) is 16.6 Å². The lowest BCUT2D eigenvalue weighted by atomic mass is 10.0. The largest absolute Gasteiger partial charge is 0.338 e. The van der Waals surface area contributed by atoms with Crippen LogP contribution in [-0.4, -0.2) is 28.9 Å². The summed E-state index contributed by atoms with van der Waals surface area (Å²) in [5, 5.41) is 4.60.